The molecule has 0 bridgehead atoms. The third-order valence-corrected chi connectivity index (χ3v) is 4.53. The topological polar surface area (TPSA) is 12.0 Å². The molecule has 1 atom stereocenters. The molecule has 0 saturated heterocycles. The van der Waals surface area contributed by atoms with E-state index in [-0.39, 0.29) is 0 Å². The van der Waals surface area contributed by atoms with Gasteiger partial charge >= 0.3 is 0 Å². The summed E-state index contributed by atoms with van der Waals surface area (Å²) in [5.74, 6) is 0.659. The van der Waals surface area contributed by atoms with E-state index in [2.05, 4.69) is 67.7 Å². The van der Waals surface area contributed by atoms with E-state index >= 15 is 0 Å². The molecule has 1 heteroatoms. The highest BCUT2D eigenvalue weighted by molar-refractivity contribution is 5.59. The Morgan fingerprint density at radius 3 is 2.04 bits per heavy atom. The van der Waals surface area contributed by atoms with E-state index in [0.717, 1.165) is 11.4 Å². The van der Waals surface area contributed by atoms with Crippen molar-refractivity contribution >= 4 is 11.4 Å². The molecule has 0 aliphatic heterocycles. The fourth-order valence-electron chi connectivity index (χ4n) is 2.98. The van der Waals surface area contributed by atoms with Gasteiger partial charge in [0.25, 0.3) is 0 Å². The first kappa shape index (κ1) is 17.6. The molecule has 2 aromatic rings. The number of benzene rings is 2. The Balaban J connectivity index is 1.75. The van der Waals surface area contributed by atoms with Crippen molar-refractivity contribution in [3.05, 3.63) is 60.2 Å². The van der Waals surface area contributed by atoms with E-state index in [1.54, 1.807) is 0 Å². The zero-order valence-corrected chi connectivity index (χ0v) is 14.7. The van der Waals surface area contributed by atoms with Gasteiger partial charge in [-0.1, -0.05) is 82.7 Å². The first-order chi connectivity index (χ1) is 11.3. The van der Waals surface area contributed by atoms with Crippen molar-refractivity contribution in [1.82, 2.24) is 0 Å². The molecule has 0 aliphatic rings. The van der Waals surface area contributed by atoms with Crippen molar-refractivity contribution in [2.45, 2.75) is 64.7 Å². The molecule has 2 rings (SSSR count). The highest BCUT2D eigenvalue weighted by Gasteiger charge is 2.05. The normalized spacial score (nSPS) is 12.1. The Morgan fingerprint density at radius 2 is 1.35 bits per heavy atom. The maximum atomic E-state index is 3.44. The standard InChI is InChI=1S/C22H31N/c1-3-4-5-6-7-9-12-19(2)20-15-17-22(18-16-20)23-21-13-10-8-11-14-21/h8,10-11,13-19,23H,3-7,9,12H2,1-2H3. The van der Waals surface area contributed by atoms with Crippen LogP contribution in [0.2, 0.25) is 0 Å². The van der Waals surface area contributed by atoms with E-state index in [4.69, 9.17) is 0 Å². The first-order valence-electron chi connectivity index (χ1n) is 9.21. The van der Waals surface area contributed by atoms with Gasteiger partial charge in [0.1, 0.15) is 0 Å². The predicted octanol–water partition coefficient (Wildman–Crippen LogP) is 7.28. The van der Waals surface area contributed by atoms with Gasteiger partial charge < -0.3 is 5.32 Å². The summed E-state index contributed by atoms with van der Waals surface area (Å²) in [4.78, 5) is 0. The molecule has 0 aromatic heterocycles. The zero-order valence-electron chi connectivity index (χ0n) is 14.7. The van der Waals surface area contributed by atoms with Gasteiger partial charge in [0, 0.05) is 11.4 Å². The number of rotatable bonds is 10. The molecule has 124 valence electrons. The van der Waals surface area contributed by atoms with Crippen LogP contribution in [0.3, 0.4) is 0 Å². The van der Waals surface area contributed by atoms with Gasteiger partial charge in [0.2, 0.25) is 0 Å². The minimum absolute atomic E-state index is 0.659. The third kappa shape index (κ3) is 6.48. The van der Waals surface area contributed by atoms with Crippen molar-refractivity contribution in [3.8, 4) is 0 Å². The highest BCUT2D eigenvalue weighted by atomic mass is 14.9. The molecule has 0 spiro atoms. The van der Waals surface area contributed by atoms with Gasteiger partial charge in [-0.3, -0.25) is 0 Å². The van der Waals surface area contributed by atoms with Crippen molar-refractivity contribution in [2.24, 2.45) is 0 Å². The van der Waals surface area contributed by atoms with E-state index in [0.29, 0.717) is 5.92 Å². The molecular formula is C22H31N. The summed E-state index contributed by atoms with van der Waals surface area (Å²) in [5, 5.41) is 3.44. The maximum absolute atomic E-state index is 3.44. The average Bonchev–Trinajstić information content (AvgIpc) is 2.59. The molecule has 0 amide bonds. The van der Waals surface area contributed by atoms with Gasteiger partial charge in [-0.25, -0.2) is 0 Å². The smallest absolute Gasteiger partial charge is 0.0384 e. The second-order valence-corrected chi connectivity index (χ2v) is 6.57. The summed E-state index contributed by atoms with van der Waals surface area (Å²) in [6, 6.07) is 19.3. The van der Waals surface area contributed by atoms with Crippen LogP contribution in [-0.4, -0.2) is 0 Å². The fourth-order valence-corrected chi connectivity index (χ4v) is 2.98. The van der Waals surface area contributed by atoms with Crippen LogP contribution in [0.1, 0.15) is 70.3 Å². The summed E-state index contributed by atoms with van der Waals surface area (Å²) < 4.78 is 0. The van der Waals surface area contributed by atoms with Gasteiger partial charge in [-0.15, -0.1) is 0 Å². The summed E-state index contributed by atoms with van der Waals surface area (Å²) in [6.07, 6.45) is 9.58. The Hall–Kier alpha value is -1.76. The van der Waals surface area contributed by atoms with Crippen LogP contribution in [-0.2, 0) is 0 Å². The molecule has 0 saturated carbocycles. The van der Waals surface area contributed by atoms with Crippen molar-refractivity contribution in [1.29, 1.82) is 0 Å². The molecule has 1 unspecified atom stereocenters. The molecule has 23 heavy (non-hydrogen) atoms. The van der Waals surface area contributed by atoms with Crippen LogP contribution in [0.4, 0.5) is 11.4 Å². The Bertz CT molecular complexity index is 530. The minimum atomic E-state index is 0.659. The molecule has 2 aromatic carbocycles. The second kappa shape index (κ2) is 10.1. The van der Waals surface area contributed by atoms with Crippen LogP contribution in [0.5, 0.6) is 0 Å². The summed E-state index contributed by atoms with van der Waals surface area (Å²) in [7, 11) is 0. The summed E-state index contributed by atoms with van der Waals surface area (Å²) in [5.41, 5.74) is 3.75. The van der Waals surface area contributed by atoms with Crippen molar-refractivity contribution in [2.75, 3.05) is 5.32 Å². The number of hydrogen-bond donors (Lipinski definition) is 1. The van der Waals surface area contributed by atoms with Crippen molar-refractivity contribution < 1.29 is 0 Å². The van der Waals surface area contributed by atoms with Crippen LogP contribution >= 0.6 is 0 Å². The third-order valence-electron chi connectivity index (χ3n) is 4.53. The van der Waals surface area contributed by atoms with Crippen LogP contribution < -0.4 is 5.32 Å². The van der Waals surface area contributed by atoms with Crippen molar-refractivity contribution in [3.63, 3.8) is 0 Å². The number of nitrogens with one attached hydrogen (secondary N) is 1. The Kier molecular flexibility index (Phi) is 7.72. The van der Waals surface area contributed by atoms with Crippen LogP contribution in [0.15, 0.2) is 54.6 Å². The monoisotopic (exact) mass is 309 g/mol. The number of unbranched alkanes of at least 4 members (excludes halogenated alkanes) is 5. The summed E-state index contributed by atoms with van der Waals surface area (Å²) in [6.45, 7) is 4.63. The quantitative estimate of drug-likeness (QED) is 0.454. The summed E-state index contributed by atoms with van der Waals surface area (Å²) >= 11 is 0. The Labute approximate surface area is 142 Å². The van der Waals surface area contributed by atoms with Crippen LogP contribution in [0, 0.1) is 0 Å². The lowest BCUT2D eigenvalue weighted by molar-refractivity contribution is 0.557. The largest absolute Gasteiger partial charge is 0.356 e. The van der Waals surface area contributed by atoms with Gasteiger partial charge in [0.05, 0.1) is 0 Å². The van der Waals surface area contributed by atoms with E-state index < -0.39 is 0 Å². The minimum Gasteiger partial charge on any atom is -0.356 e. The predicted molar refractivity (Wildman–Crippen MR) is 103 cm³/mol. The molecule has 1 nitrogen and oxygen atoms in total. The fraction of sp³-hybridized carbons (Fsp3) is 0.455. The molecule has 1 N–H and O–H groups in total. The lowest BCUT2D eigenvalue weighted by Crippen LogP contribution is -1.95. The highest BCUT2D eigenvalue weighted by Crippen LogP contribution is 2.25. The lowest BCUT2D eigenvalue weighted by atomic mass is 9.94. The zero-order chi connectivity index (χ0) is 16.3. The van der Waals surface area contributed by atoms with E-state index in [1.165, 1.54) is 50.5 Å². The second-order valence-electron chi connectivity index (χ2n) is 6.57. The molecule has 0 fully saturated rings. The molecular weight excluding hydrogens is 278 g/mol. The number of anilines is 2. The average molecular weight is 309 g/mol. The lowest BCUT2D eigenvalue weighted by Gasteiger charge is -2.13. The Morgan fingerprint density at radius 1 is 0.739 bits per heavy atom. The number of para-hydroxylation sites is 1. The van der Waals surface area contributed by atoms with E-state index in [1.807, 2.05) is 6.07 Å². The van der Waals surface area contributed by atoms with Gasteiger partial charge in [0.15, 0.2) is 0 Å². The van der Waals surface area contributed by atoms with Crippen LogP contribution in [0.25, 0.3) is 0 Å². The maximum Gasteiger partial charge on any atom is 0.0384 e. The SMILES string of the molecule is CCCCCCCCC(C)c1ccc(Nc2ccccc2)cc1. The van der Waals surface area contributed by atoms with Gasteiger partial charge in [-0.2, -0.15) is 0 Å². The van der Waals surface area contributed by atoms with E-state index in [9.17, 15) is 0 Å². The molecule has 0 heterocycles. The molecule has 0 radical (unpaired) electrons. The molecule has 0 aliphatic carbocycles. The van der Waals surface area contributed by atoms with Gasteiger partial charge in [-0.05, 0) is 42.2 Å². The number of hydrogen-bond acceptors (Lipinski definition) is 1. The first-order valence-corrected chi connectivity index (χ1v) is 9.21.